The van der Waals surface area contributed by atoms with E-state index < -0.39 is 11.8 Å². The standard InChI is InChI=1S/C12H16FNO2/c1-2-3-7-14-11-6-4-5-10(13)9(11)8-12(15)16/h4-6,14H,2-3,7-8H2,1H3,(H,15,16). The molecule has 4 heteroatoms. The minimum Gasteiger partial charge on any atom is -0.481 e. The lowest BCUT2D eigenvalue weighted by molar-refractivity contribution is -0.136. The van der Waals surface area contributed by atoms with E-state index in [9.17, 15) is 9.18 Å². The van der Waals surface area contributed by atoms with Crippen molar-refractivity contribution >= 4 is 11.7 Å². The molecule has 16 heavy (non-hydrogen) atoms. The van der Waals surface area contributed by atoms with Crippen LogP contribution in [0.25, 0.3) is 0 Å². The monoisotopic (exact) mass is 225 g/mol. The predicted octanol–water partition coefficient (Wildman–Crippen LogP) is 2.66. The first-order valence-electron chi connectivity index (χ1n) is 5.38. The summed E-state index contributed by atoms with van der Waals surface area (Å²) < 4.78 is 13.4. The van der Waals surface area contributed by atoms with Crippen molar-refractivity contribution < 1.29 is 14.3 Å². The third-order valence-electron chi connectivity index (χ3n) is 2.29. The quantitative estimate of drug-likeness (QED) is 0.732. The van der Waals surface area contributed by atoms with E-state index in [2.05, 4.69) is 12.2 Å². The molecule has 0 bridgehead atoms. The van der Waals surface area contributed by atoms with Crippen LogP contribution < -0.4 is 5.32 Å². The van der Waals surface area contributed by atoms with Gasteiger partial charge in [-0.3, -0.25) is 4.79 Å². The maximum absolute atomic E-state index is 13.4. The number of aliphatic carboxylic acids is 1. The smallest absolute Gasteiger partial charge is 0.308 e. The summed E-state index contributed by atoms with van der Waals surface area (Å²) in [7, 11) is 0. The van der Waals surface area contributed by atoms with Crippen LogP contribution >= 0.6 is 0 Å². The summed E-state index contributed by atoms with van der Waals surface area (Å²) in [5, 5.41) is 11.7. The molecule has 2 N–H and O–H groups in total. The third kappa shape index (κ3) is 3.53. The molecule has 0 spiro atoms. The molecule has 0 saturated carbocycles. The van der Waals surface area contributed by atoms with Crippen LogP contribution in [-0.2, 0) is 11.2 Å². The summed E-state index contributed by atoms with van der Waals surface area (Å²) in [5.74, 6) is -1.49. The number of benzene rings is 1. The Morgan fingerprint density at radius 3 is 2.88 bits per heavy atom. The second-order valence-corrected chi connectivity index (χ2v) is 3.62. The van der Waals surface area contributed by atoms with Gasteiger partial charge in [-0.2, -0.15) is 0 Å². The van der Waals surface area contributed by atoms with Crippen molar-refractivity contribution in [3.63, 3.8) is 0 Å². The molecule has 0 saturated heterocycles. The highest BCUT2D eigenvalue weighted by Crippen LogP contribution is 2.19. The number of carboxylic acids is 1. The Hall–Kier alpha value is -1.58. The van der Waals surface area contributed by atoms with Crippen molar-refractivity contribution in [2.45, 2.75) is 26.2 Å². The van der Waals surface area contributed by atoms with Gasteiger partial charge in [-0.15, -0.1) is 0 Å². The Morgan fingerprint density at radius 2 is 2.25 bits per heavy atom. The lowest BCUT2D eigenvalue weighted by Gasteiger charge is -2.11. The molecule has 0 atom stereocenters. The summed E-state index contributed by atoms with van der Waals surface area (Å²) in [6.45, 7) is 2.79. The van der Waals surface area contributed by atoms with Crippen molar-refractivity contribution in [3.05, 3.63) is 29.6 Å². The van der Waals surface area contributed by atoms with Crippen molar-refractivity contribution in [2.75, 3.05) is 11.9 Å². The number of nitrogens with one attached hydrogen (secondary N) is 1. The topological polar surface area (TPSA) is 49.3 Å². The van der Waals surface area contributed by atoms with E-state index in [1.807, 2.05) is 0 Å². The lowest BCUT2D eigenvalue weighted by atomic mass is 10.1. The maximum Gasteiger partial charge on any atom is 0.308 e. The van der Waals surface area contributed by atoms with Crippen LogP contribution in [0.15, 0.2) is 18.2 Å². The molecule has 0 radical (unpaired) electrons. The van der Waals surface area contributed by atoms with Gasteiger partial charge in [0.1, 0.15) is 5.82 Å². The molecule has 0 aliphatic heterocycles. The fourth-order valence-corrected chi connectivity index (χ4v) is 1.45. The average Bonchev–Trinajstić information content (AvgIpc) is 2.23. The van der Waals surface area contributed by atoms with Crippen molar-refractivity contribution in [1.29, 1.82) is 0 Å². The molecule has 1 aromatic carbocycles. The number of hydrogen-bond acceptors (Lipinski definition) is 2. The lowest BCUT2D eigenvalue weighted by Crippen LogP contribution is -2.09. The van der Waals surface area contributed by atoms with Gasteiger partial charge in [-0.1, -0.05) is 19.4 Å². The Morgan fingerprint density at radius 1 is 1.50 bits per heavy atom. The number of unbranched alkanes of at least 4 members (excludes halogenated alkanes) is 1. The van der Waals surface area contributed by atoms with E-state index >= 15 is 0 Å². The van der Waals surface area contributed by atoms with Gasteiger partial charge < -0.3 is 10.4 Å². The Kier molecular flexibility index (Phi) is 4.76. The van der Waals surface area contributed by atoms with E-state index in [1.165, 1.54) is 6.07 Å². The molecular weight excluding hydrogens is 209 g/mol. The van der Waals surface area contributed by atoms with Gasteiger partial charge in [-0.25, -0.2) is 4.39 Å². The summed E-state index contributed by atoms with van der Waals surface area (Å²) >= 11 is 0. The van der Waals surface area contributed by atoms with Gasteiger partial charge in [0.2, 0.25) is 0 Å². The molecule has 0 fully saturated rings. The van der Waals surface area contributed by atoms with Crippen LogP contribution in [0.5, 0.6) is 0 Å². The molecule has 0 amide bonds. The maximum atomic E-state index is 13.4. The number of hydrogen-bond donors (Lipinski definition) is 2. The number of halogens is 1. The van der Waals surface area contributed by atoms with Crippen LogP contribution in [0.4, 0.5) is 10.1 Å². The van der Waals surface area contributed by atoms with Crippen LogP contribution in [0.2, 0.25) is 0 Å². The van der Waals surface area contributed by atoms with Gasteiger partial charge in [0.15, 0.2) is 0 Å². The third-order valence-corrected chi connectivity index (χ3v) is 2.29. The molecule has 0 aliphatic carbocycles. The van der Waals surface area contributed by atoms with Crippen LogP contribution in [0.1, 0.15) is 25.3 Å². The number of carbonyl (C=O) groups is 1. The number of carboxylic acid groups (broad SMARTS) is 1. The minimum atomic E-state index is -1.02. The van der Waals surface area contributed by atoms with Crippen LogP contribution in [0.3, 0.4) is 0 Å². The summed E-state index contributed by atoms with van der Waals surface area (Å²) in [6.07, 6.45) is 1.72. The molecule has 3 nitrogen and oxygen atoms in total. The van der Waals surface area contributed by atoms with Gasteiger partial charge in [0.05, 0.1) is 6.42 Å². The molecule has 1 aromatic rings. The highest BCUT2D eigenvalue weighted by Gasteiger charge is 2.11. The first-order valence-corrected chi connectivity index (χ1v) is 5.38. The van der Waals surface area contributed by atoms with Crippen molar-refractivity contribution in [1.82, 2.24) is 0 Å². The molecule has 1 rings (SSSR count). The van der Waals surface area contributed by atoms with E-state index in [4.69, 9.17) is 5.11 Å². The highest BCUT2D eigenvalue weighted by molar-refractivity contribution is 5.73. The van der Waals surface area contributed by atoms with Crippen molar-refractivity contribution in [2.24, 2.45) is 0 Å². The van der Waals surface area contributed by atoms with Gasteiger partial charge >= 0.3 is 5.97 Å². The van der Waals surface area contributed by atoms with E-state index in [1.54, 1.807) is 12.1 Å². The Bertz CT molecular complexity index is 366. The van der Waals surface area contributed by atoms with Gasteiger partial charge in [0.25, 0.3) is 0 Å². The van der Waals surface area contributed by atoms with Gasteiger partial charge in [0, 0.05) is 17.8 Å². The summed E-state index contributed by atoms with van der Waals surface area (Å²) in [6, 6.07) is 4.56. The second kappa shape index (κ2) is 6.10. The largest absolute Gasteiger partial charge is 0.481 e. The summed E-state index contributed by atoms with van der Waals surface area (Å²) in [5.41, 5.74) is 0.807. The van der Waals surface area contributed by atoms with Gasteiger partial charge in [-0.05, 0) is 18.6 Å². The molecule has 0 unspecified atom stereocenters. The first-order chi connectivity index (χ1) is 7.65. The molecule has 88 valence electrons. The average molecular weight is 225 g/mol. The Balaban J connectivity index is 2.80. The van der Waals surface area contributed by atoms with Crippen molar-refractivity contribution in [3.8, 4) is 0 Å². The number of rotatable bonds is 6. The normalized spacial score (nSPS) is 10.1. The fraction of sp³-hybridized carbons (Fsp3) is 0.417. The molecular formula is C12H16FNO2. The molecule has 0 aromatic heterocycles. The Labute approximate surface area is 94.3 Å². The highest BCUT2D eigenvalue weighted by atomic mass is 19.1. The van der Waals surface area contributed by atoms with Crippen LogP contribution in [0, 0.1) is 5.82 Å². The van der Waals surface area contributed by atoms with E-state index in [0.29, 0.717) is 5.69 Å². The predicted molar refractivity (Wildman–Crippen MR) is 61.1 cm³/mol. The zero-order chi connectivity index (χ0) is 12.0. The van der Waals surface area contributed by atoms with E-state index in [-0.39, 0.29) is 12.0 Å². The molecule has 0 aliphatic rings. The summed E-state index contributed by atoms with van der Waals surface area (Å²) in [4.78, 5) is 10.6. The SMILES string of the molecule is CCCCNc1cccc(F)c1CC(=O)O. The second-order valence-electron chi connectivity index (χ2n) is 3.62. The zero-order valence-corrected chi connectivity index (χ0v) is 9.29. The van der Waals surface area contributed by atoms with E-state index in [0.717, 1.165) is 19.4 Å². The first kappa shape index (κ1) is 12.5. The fourth-order valence-electron chi connectivity index (χ4n) is 1.45. The van der Waals surface area contributed by atoms with Crippen LogP contribution in [-0.4, -0.2) is 17.6 Å². The minimum absolute atomic E-state index is 0.228. The number of anilines is 1. The molecule has 0 heterocycles. The zero-order valence-electron chi connectivity index (χ0n) is 9.29.